The average molecular weight is 330 g/mol. The molecule has 0 unspecified atom stereocenters. The summed E-state index contributed by atoms with van der Waals surface area (Å²) in [6, 6.07) is 3.71. The van der Waals surface area contributed by atoms with Gasteiger partial charge in [-0.05, 0) is 32.9 Å². The number of nitrogens with zero attached hydrogens (tertiary/aromatic N) is 3. The van der Waals surface area contributed by atoms with Crippen molar-refractivity contribution in [2.75, 3.05) is 19.6 Å². The first-order valence-electron chi connectivity index (χ1n) is 8.02. The van der Waals surface area contributed by atoms with Crippen molar-refractivity contribution in [2.45, 2.75) is 27.3 Å². The summed E-state index contributed by atoms with van der Waals surface area (Å²) in [4.78, 5) is 35.9. The first-order chi connectivity index (χ1) is 11.4. The third-order valence-corrected chi connectivity index (χ3v) is 3.96. The van der Waals surface area contributed by atoms with Crippen LogP contribution in [0.15, 0.2) is 24.5 Å². The van der Waals surface area contributed by atoms with Crippen molar-refractivity contribution in [2.24, 2.45) is 5.41 Å². The number of aromatic nitrogens is 2. The van der Waals surface area contributed by atoms with Crippen LogP contribution in [-0.2, 0) is 16.1 Å². The van der Waals surface area contributed by atoms with Crippen LogP contribution in [0.2, 0.25) is 0 Å². The lowest BCUT2D eigenvalue weighted by atomic mass is 9.98. The Hall–Kier alpha value is -2.41. The van der Waals surface area contributed by atoms with Gasteiger partial charge in [0.2, 0.25) is 5.91 Å². The van der Waals surface area contributed by atoms with Gasteiger partial charge in [0.1, 0.15) is 0 Å². The van der Waals surface area contributed by atoms with Crippen LogP contribution in [0.3, 0.4) is 0 Å². The molecule has 2 aromatic heterocycles. The monoisotopic (exact) mass is 330 g/mol. The largest absolute Gasteiger partial charge is 0.338 e. The van der Waals surface area contributed by atoms with Crippen LogP contribution in [0, 0.1) is 5.41 Å². The second kappa shape index (κ2) is 6.24. The van der Waals surface area contributed by atoms with Crippen molar-refractivity contribution < 1.29 is 14.4 Å². The molecular formula is C17H22N4O3. The van der Waals surface area contributed by atoms with Gasteiger partial charge in [0.05, 0.1) is 29.7 Å². The van der Waals surface area contributed by atoms with Crippen molar-refractivity contribution in [3.63, 3.8) is 0 Å². The van der Waals surface area contributed by atoms with Gasteiger partial charge in [0.15, 0.2) is 0 Å². The van der Waals surface area contributed by atoms with Gasteiger partial charge < -0.3 is 15.1 Å². The Morgan fingerprint density at radius 3 is 2.92 bits per heavy atom. The molecule has 1 amide bonds. The topological polar surface area (TPSA) is 76.5 Å². The van der Waals surface area contributed by atoms with E-state index in [1.807, 2.05) is 26.8 Å². The van der Waals surface area contributed by atoms with Gasteiger partial charge >= 0.3 is 5.97 Å². The van der Waals surface area contributed by atoms with E-state index in [1.165, 1.54) is 4.73 Å². The summed E-state index contributed by atoms with van der Waals surface area (Å²) < 4.78 is 1.53. The first-order valence-corrected chi connectivity index (χ1v) is 8.02. The van der Waals surface area contributed by atoms with Crippen LogP contribution in [0.1, 0.15) is 26.5 Å². The summed E-state index contributed by atoms with van der Waals surface area (Å²) in [5.41, 5.74) is 0.900. The lowest BCUT2D eigenvalue weighted by Gasteiger charge is -2.27. The fourth-order valence-electron chi connectivity index (χ4n) is 2.53. The fraction of sp³-hybridized carbons (Fsp3) is 0.471. The number of rotatable bonds is 3. The van der Waals surface area contributed by atoms with E-state index in [4.69, 9.17) is 4.84 Å². The Balaban J connectivity index is 1.95. The summed E-state index contributed by atoms with van der Waals surface area (Å²) in [5, 5.41) is 3.92. The third-order valence-electron chi connectivity index (χ3n) is 3.96. The maximum absolute atomic E-state index is 12.3. The number of piperazine rings is 1. The molecule has 24 heavy (non-hydrogen) atoms. The molecule has 0 aliphatic carbocycles. The number of nitrogens with one attached hydrogen (secondary N) is 1. The summed E-state index contributed by atoms with van der Waals surface area (Å²) in [6.45, 7) is 7.55. The molecule has 1 N–H and O–H groups in total. The molecule has 1 saturated heterocycles. The number of pyridine rings is 1. The molecule has 1 fully saturated rings. The third kappa shape index (κ3) is 3.26. The van der Waals surface area contributed by atoms with E-state index in [2.05, 4.69) is 10.3 Å². The Kier molecular flexibility index (Phi) is 4.28. The highest BCUT2D eigenvalue weighted by atomic mass is 16.7. The van der Waals surface area contributed by atoms with Gasteiger partial charge in [0, 0.05) is 30.9 Å². The van der Waals surface area contributed by atoms with Crippen LogP contribution in [0.5, 0.6) is 0 Å². The molecule has 128 valence electrons. The lowest BCUT2D eigenvalue weighted by Crippen LogP contribution is -2.47. The van der Waals surface area contributed by atoms with Crippen LogP contribution >= 0.6 is 0 Å². The molecule has 3 heterocycles. The first kappa shape index (κ1) is 16.4. The standard InChI is InChI=1S/C17H22N4O3/c1-17(2,3)16(23)24-21-13(8-12-9-18-5-4-14(12)21)11-20-7-6-19-10-15(20)22/h4-5,8-9,19H,6-7,10-11H2,1-3H3. The second-order valence-corrected chi connectivity index (χ2v) is 6.99. The molecular weight excluding hydrogens is 308 g/mol. The van der Waals surface area contributed by atoms with E-state index in [1.54, 1.807) is 23.4 Å². The molecule has 0 radical (unpaired) electrons. The molecule has 0 bridgehead atoms. The van der Waals surface area contributed by atoms with E-state index >= 15 is 0 Å². The number of carbonyl (C=O) groups excluding carboxylic acids is 2. The van der Waals surface area contributed by atoms with Crippen molar-refractivity contribution in [3.05, 3.63) is 30.2 Å². The van der Waals surface area contributed by atoms with Gasteiger partial charge in [-0.3, -0.25) is 9.78 Å². The van der Waals surface area contributed by atoms with Crippen molar-refractivity contribution in [3.8, 4) is 0 Å². The van der Waals surface area contributed by atoms with Crippen LogP contribution in [0.4, 0.5) is 0 Å². The summed E-state index contributed by atoms with van der Waals surface area (Å²) in [5.74, 6) is -0.289. The number of hydrogen-bond acceptors (Lipinski definition) is 5. The van der Waals surface area contributed by atoms with Crippen molar-refractivity contribution in [1.82, 2.24) is 19.9 Å². The van der Waals surface area contributed by atoms with Crippen molar-refractivity contribution >= 4 is 22.8 Å². The number of fused-ring (bicyclic) bond motifs is 1. The predicted octanol–water partition coefficient (Wildman–Crippen LogP) is 0.969. The minimum atomic E-state index is -0.619. The number of amides is 1. The quantitative estimate of drug-likeness (QED) is 0.907. The highest BCUT2D eigenvalue weighted by molar-refractivity contribution is 5.83. The Bertz CT molecular complexity index is 776. The van der Waals surface area contributed by atoms with E-state index in [0.29, 0.717) is 19.6 Å². The molecule has 0 atom stereocenters. The zero-order valence-electron chi connectivity index (χ0n) is 14.2. The SMILES string of the molecule is CC(C)(C)C(=O)On1c(CN2CCNCC2=O)cc2cnccc21. The smallest absolute Gasteiger partial charge is 0.336 e. The molecule has 0 saturated carbocycles. The molecule has 1 aliphatic heterocycles. The Morgan fingerprint density at radius 1 is 1.42 bits per heavy atom. The molecule has 3 rings (SSSR count). The summed E-state index contributed by atoms with van der Waals surface area (Å²) >= 11 is 0. The van der Waals surface area contributed by atoms with Gasteiger partial charge in [-0.1, -0.05) is 0 Å². The Labute approximate surface area is 140 Å². The zero-order chi connectivity index (χ0) is 17.3. The summed E-state index contributed by atoms with van der Waals surface area (Å²) in [6.07, 6.45) is 3.38. The van der Waals surface area contributed by atoms with Gasteiger partial charge in [0.25, 0.3) is 0 Å². The van der Waals surface area contributed by atoms with E-state index < -0.39 is 5.41 Å². The van der Waals surface area contributed by atoms with Crippen LogP contribution < -0.4 is 10.2 Å². The lowest BCUT2D eigenvalue weighted by molar-refractivity contribution is -0.153. The molecule has 7 nitrogen and oxygen atoms in total. The minimum absolute atomic E-state index is 0.0401. The van der Waals surface area contributed by atoms with Gasteiger partial charge in [-0.2, -0.15) is 4.73 Å². The maximum atomic E-state index is 12.3. The number of carbonyl (C=O) groups is 2. The van der Waals surface area contributed by atoms with Crippen LogP contribution in [0.25, 0.3) is 10.9 Å². The highest BCUT2D eigenvalue weighted by Crippen LogP contribution is 2.21. The molecule has 7 heteroatoms. The fourth-order valence-corrected chi connectivity index (χ4v) is 2.53. The predicted molar refractivity (Wildman–Crippen MR) is 89.1 cm³/mol. The highest BCUT2D eigenvalue weighted by Gasteiger charge is 2.27. The minimum Gasteiger partial charge on any atom is -0.336 e. The maximum Gasteiger partial charge on any atom is 0.338 e. The van der Waals surface area contributed by atoms with Gasteiger partial charge in [-0.15, -0.1) is 0 Å². The molecule has 1 aliphatic rings. The van der Waals surface area contributed by atoms with E-state index in [0.717, 1.165) is 23.1 Å². The zero-order valence-corrected chi connectivity index (χ0v) is 14.2. The molecule has 0 spiro atoms. The normalized spacial score (nSPS) is 15.8. The molecule has 2 aromatic rings. The van der Waals surface area contributed by atoms with Crippen molar-refractivity contribution in [1.29, 1.82) is 0 Å². The Morgan fingerprint density at radius 2 is 2.21 bits per heavy atom. The summed E-state index contributed by atoms with van der Waals surface area (Å²) in [7, 11) is 0. The average Bonchev–Trinajstić information content (AvgIpc) is 2.86. The number of hydrogen-bond donors (Lipinski definition) is 1. The van der Waals surface area contributed by atoms with E-state index in [9.17, 15) is 9.59 Å². The molecule has 0 aromatic carbocycles. The van der Waals surface area contributed by atoms with E-state index in [-0.39, 0.29) is 11.9 Å². The van der Waals surface area contributed by atoms with Gasteiger partial charge in [-0.25, -0.2) is 4.79 Å². The second-order valence-electron chi connectivity index (χ2n) is 6.99. The van der Waals surface area contributed by atoms with Crippen LogP contribution in [-0.4, -0.2) is 46.1 Å².